The van der Waals surface area contributed by atoms with Gasteiger partial charge in [0.15, 0.2) is 0 Å². The second-order valence-electron chi connectivity index (χ2n) is 5.94. The third-order valence-electron chi connectivity index (χ3n) is 4.14. The third kappa shape index (κ3) is 3.00. The van der Waals surface area contributed by atoms with Crippen LogP contribution in [0.4, 0.5) is 0 Å². The van der Waals surface area contributed by atoms with E-state index >= 15 is 0 Å². The fourth-order valence-corrected chi connectivity index (χ4v) is 2.82. The molecule has 0 bridgehead atoms. The smallest absolute Gasteiger partial charge is 0.289 e. The van der Waals surface area contributed by atoms with Crippen molar-refractivity contribution in [2.24, 2.45) is 0 Å². The van der Waals surface area contributed by atoms with Gasteiger partial charge in [-0.3, -0.25) is 9.78 Å². The summed E-state index contributed by atoms with van der Waals surface area (Å²) >= 11 is 0. The molecule has 3 aromatic heterocycles. The summed E-state index contributed by atoms with van der Waals surface area (Å²) in [7, 11) is 0. The fourth-order valence-electron chi connectivity index (χ4n) is 2.82. The van der Waals surface area contributed by atoms with Gasteiger partial charge >= 0.3 is 0 Å². The fraction of sp³-hybridized carbons (Fsp3) is 0.375. The molecule has 0 saturated heterocycles. The number of nitrogens with one attached hydrogen (secondary N) is 1. The molecular weight excluding hydrogens is 322 g/mol. The molecule has 1 N–H and O–H groups in total. The Morgan fingerprint density at radius 1 is 1.36 bits per heavy atom. The number of carbonyl (C=O) groups is 1. The van der Waals surface area contributed by atoms with Gasteiger partial charge < -0.3 is 14.4 Å². The van der Waals surface area contributed by atoms with Crippen LogP contribution >= 0.6 is 0 Å². The highest BCUT2D eigenvalue weighted by Crippen LogP contribution is 2.18. The first-order chi connectivity index (χ1) is 12.2. The second kappa shape index (κ2) is 6.42. The highest BCUT2D eigenvalue weighted by Gasteiger charge is 2.24. The van der Waals surface area contributed by atoms with E-state index in [0.29, 0.717) is 17.5 Å². The lowest BCUT2D eigenvalue weighted by atomic mass is 10.1. The van der Waals surface area contributed by atoms with Crippen molar-refractivity contribution in [1.82, 2.24) is 35.2 Å². The Morgan fingerprint density at radius 3 is 3.12 bits per heavy atom. The Hall–Kier alpha value is -3.10. The highest BCUT2D eigenvalue weighted by atomic mass is 16.5. The summed E-state index contributed by atoms with van der Waals surface area (Å²) in [4.78, 5) is 20.9. The molecule has 0 radical (unpaired) electrons. The van der Waals surface area contributed by atoms with E-state index in [1.165, 1.54) is 0 Å². The van der Waals surface area contributed by atoms with Crippen LogP contribution in [0.15, 0.2) is 29.0 Å². The molecule has 9 heteroatoms. The Balaban J connectivity index is 1.49. The molecule has 0 aromatic carbocycles. The van der Waals surface area contributed by atoms with Gasteiger partial charge in [0.2, 0.25) is 17.5 Å². The number of fused-ring (bicyclic) bond motifs is 1. The van der Waals surface area contributed by atoms with E-state index in [2.05, 4.69) is 30.6 Å². The molecule has 1 atom stereocenters. The molecule has 1 aliphatic rings. The lowest BCUT2D eigenvalue weighted by Crippen LogP contribution is -2.30. The van der Waals surface area contributed by atoms with Gasteiger partial charge in [0.25, 0.3) is 5.91 Å². The van der Waals surface area contributed by atoms with Gasteiger partial charge in [0.1, 0.15) is 11.9 Å². The molecule has 0 aliphatic carbocycles. The third-order valence-corrected chi connectivity index (χ3v) is 4.14. The maximum absolute atomic E-state index is 12.5. The van der Waals surface area contributed by atoms with Gasteiger partial charge in [-0.25, -0.2) is 0 Å². The summed E-state index contributed by atoms with van der Waals surface area (Å²) in [6.45, 7) is 2.55. The van der Waals surface area contributed by atoms with Crippen LogP contribution in [0.5, 0.6) is 0 Å². The van der Waals surface area contributed by atoms with E-state index in [0.717, 1.165) is 37.2 Å². The quantitative estimate of drug-likeness (QED) is 0.767. The minimum Gasteiger partial charge on any atom is -0.338 e. The molecule has 0 spiro atoms. The van der Waals surface area contributed by atoms with E-state index in [4.69, 9.17) is 4.52 Å². The van der Waals surface area contributed by atoms with Crippen molar-refractivity contribution < 1.29 is 9.32 Å². The molecule has 1 amide bonds. The van der Waals surface area contributed by atoms with Crippen LogP contribution in [-0.4, -0.2) is 35.8 Å². The summed E-state index contributed by atoms with van der Waals surface area (Å²) in [5, 5.41) is 14.9. The van der Waals surface area contributed by atoms with Crippen LogP contribution < -0.4 is 5.32 Å². The first-order valence-electron chi connectivity index (χ1n) is 8.19. The number of nitrogens with zero attached hydrogens (tertiary/aromatic N) is 6. The van der Waals surface area contributed by atoms with Gasteiger partial charge in [-0.05, 0) is 31.9 Å². The number of aryl methyl sites for hydroxylation is 1. The molecular formula is C16H17N7O2. The first kappa shape index (κ1) is 15.4. The van der Waals surface area contributed by atoms with Gasteiger partial charge in [0, 0.05) is 30.9 Å². The number of amides is 1. The van der Waals surface area contributed by atoms with E-state index in [1.54, 1.807) is 25.4 Å². The maximum Gasteiger partial charge on any atom is 0.289 e. The molecule has 1 aliphatic heterocycles. The van der Waals surface area contributed by atoms with E-state index in [1.807, 2.05) is 10.6 Å². The van der Waals surface area contributed by atoms with Crippen LogP contribution in [0.2, 0.25) is 0 Å². The lowest BCUT2D eigenvalue weighted by Gasteiger charge is -2.15. The summed E-state index contributed by atoms with van der Waals surface area (Å²) in [5.74, 6) is 1.65. The first-order valence-corrected chi connectivity index (χ1v) is 8.19. The maximum atomic E-state index is 12.5. The SMILES string of the molecule is CC(NC(=O)c1nnc2n1CCCC2)c1nc(-c2cccnc2)no1. The van der Waals surface area contributed by atoms with E-state index < -0.39 is 6.04 Å². The predicted octanol–water partition coefficient (Wildman–Crippen LogP) is 1.55. The second-order valence-corrected chi connectivity index (χ2v) is 5.94. The molecule has 4 heterocycles. The van der Waals surface area contributed by atoms with Gasteiger partial charge in [0.05, 0.1) is 0 Å². The van der Waals surface area contributed by atoms with Crippen molar-refractivity contribution in [3.8, 4) is 11.4 Å². The zero-order valence-electron chi connectivity index (χ0n) is 13.7. The van der Waals surface area contributed by atoms with Crippen LogP contribution in [0.3, 0.4) is 0 Å². The van der Waals surface area contributed by atoms with Crippen LogP contribution in [0, 0.1) is 0 Å². The Kier molecular flexibility index (Phi) is 3.96. The molecule has 25 heavy (non-hydrogen) atoms. The van der Waals surface area contributed by atoms with Gasteiger partial charge in [-0.2, -0.15) is 4.98 Å². The average Bonchev–Trinajstić information content (AvgIpc) is 3.30. The average molecular weight is 339 g/mol. The van der Waals surface area contributed by atoms with Crippen LogP contribution in [0.1, 0.15) is 48.1 Å². The number of carbonyl (C=O) groups excluding carboxylic acids is 1. The van der Waals surface area contributed by atoms with Crippen LogP contribution in [-0.2, 0) is 13.0 Å². The van der Waals surface area contributed by atoms with Crippen molar-refractivity contribution in [3.05, 3.63) is 42.1 Å². The Labute approximate surface area is 143 Å². The number of aromatic nitrogens is 6. The zero-order chi connectivity index (χ0) is 17.2. The molecule has 128 valence electrons. The topological polar surface area (TPSA) is 112 Å². The van der Waals surface area contributed by atoms with Crippen molar-refractivity contribution in [1.29, 1.82) is 0 Å². The summed E-state index contributed by atoms with van der Waals surface area (Å²) in [6, 6.07) is 3.19. The number of rotatable bonds is 4. The van der Waals surface area contributed by atoms with E-state index in [9.17, 15) is 4.79 Å². The largest absolute Gasteiger partial charge is 0.338 e. The van der Waals surface area contributed by atoms with Gasteiger partial charge in [-0.1, -0.05) is 5.16 Å². The van der Waals surface area contributed by atoms with Crippen molar-refractivity contribution in [2.45, 2.75) is 38.8 Å². The summed E-state index contributed by atoms with van der Waals surface area (Å²) in [6.07, 6.45) is 6.29. The standard InChI is InChI=1S/C16H17N7O2/c1-10(16-19-13(22-25-16)11-5-4-7-17-9-11)18-15(24)14-21-20-12-6-2-3-8-23(12)14/h4-5,7,9-10H,2-3,6,8H2,1H3,(H,18,24). The van der Waals surface area contributed by atoms with E-state index in [-0.39, 0.29) is 5.91 Å². The van der Waals surface area contributed by atoms with Crippen molar-refractivity contribution in [3.63, 3.8) is 0 Å². The van der Waals surface area contributed by atoms with Crippen LogP contribution in [0.25, 0.3) is 11.4 Å². The monoisotopic (exact) mass is 339 g/mol. The molecule has 1 unspecified atom stereocenters. The molecule has 3 aromatic rings. The summed E-state index contributed by atoms with van der Waals surface area (Å²) < 4.78 is 7.14. The molecule has 0 fully saturated rings. The highest BCUT2D eigenvalue weighted by molar-refractivity contribution is 5.90. The molecule has 9 nitrogen and oxygen atoms in total. The Morgan fingerprint density at radius 2 is 2.28 bits per heavy atom. The normalized spacial score (nSPS) is 14.8. The zero-order valence-corrected chi connectivity index (χ0v) is 13.7. The minimum absolute atomic E-state index is 0.297. The Bertz CT molecular complexity index is 887. The molecule has 0 saturated carbocycles. The summed E-state index contributed by atoms with van der Waals surface area (Å²) in [5.41, 5.74) is 0.752. The number of hydrogen-bond acceptors (Lipinski definition) is 7. The number of pyridine rings is 1. The lowest BCUT2D eigenvalue weighted by molar-refractivity contribution is 0.0916. The number of hydrogen-bond donors (Lipinski definition) is 1. The molecule has 4 rings (SSSR count). The predicted molar refractivity (Wildman–Crippen MR) is 86.4 cm³/mol. The van der Waals surface area contributed by atoms with Crippen molar-refractivity contribution >= 4 is 5.91 Å². The minimum atomic E-state index is -0.443. The van der Waals surface area contributed by atoms with Crippen molar-refractivity contribution in [2.75, 3.05) is 0 Å². The van der Waals surface area contributed by atoms with Gasteiger partial charge in [-0.15, -0.1) is 10.2 Å².